The molecule has 3 aliphatic carbocycles. The van der Waals surface area contributed by atoms with Crippen LogP contribution in [0.1, 0.15) is 128 Å². The van der Waals surface area contributed by atoms with Crippen molar-refractivity contribution in [2.75, 3.05) is 7.05 Å². The van der Waals surface area contributed by atoms with E-state index >= 15 is 0 Å². The second kappa shape index (κ2) is 38.7. The minimum Gasteiger partial charge on any atom is -0.505 e. The summed E-state index contributed by atoms with van der Waals surface area (Å²) in [6, 6.07) is 26.8. The van der Waals surface area contributed by atoms with Gasteiger partial charge in [-0.2, -0.15) is 0 Å². The summed E-state index contributed by atoms with van der Waals surface area (Å²) in [7, 11) is 1.51. The van der Waals surface area contributed by atoms with E-state index in [4.69, 9.17) is 18.9 Å². The first kappa shape index (κ1) is 85.5. The number of carbonyl (C=O) groups is 12. The smallest absolute Gasteiger partial charge is 0.348 e. The fourth-order valence-electron chi connectivity index (χ4n) is 13.8. The topological polar surface area (TPSA) is 489 Å². The number of hydrogen-bond acceptors (Lipinski definition) is 25. The summed E-state index contributed by atoms with van der Waals surface area (Å²) < 4.78 is 22.3. The van der Waals surface area contributed by atoms with Crippen molar-refractivity contribution >= 4 is 71.1 Å². The van der Waals surface area contributed by atoms with Crippen molar-refractivity contribution in [3.8, 4) is 17.2 Å². The van der Waals surface area contributed by atoms with Crippen LogP contribution in [0.2, 0.25) is 0 Å². The molecule has 612 valence electrons. The lowest BCUT2D eigenvalue weighted by molar-refractivity contribution is -0.178. The standard InChI is InChI=1S/C28H34N4O7.C27H32N4O7.C27H31N3O8/c1-15-24(34)19(14-17-8-5-4-6-9-17)30-25(35)21(31-26(36)22-20(33)10-7-13-29-22)16(2)39-28(38)23(18-11-12-18)32(3)27(15)37;1-14-23(33)18(13-16-7-4-3-5-8-16)29-25(35)20(30-26(36)22-19(32)9-6-12-28-22)15(2)38-27(37)21(17-10-11-17)31-24(14)34;1-14-22(32)18(13-16-7-4-3-5-8-16)29-24(33)20(30-25(34)21-19(31)9-6-12-28-21)15(2)37-27(36)23(17-10-11-17)38-26(14)35/h4-10,13,15-16,18-19,21,23-24,33-34H,11-12,14H2,1-3H3,(H,30,35)(H,31,36);3-9,12,14-15,17-18,20-21,23,32-33H,10-11,13H2,1-2H3,(H,29,35)(H,30,36)(H,31,34);3-9,12,14-15,17-18,20,22-23,31-32H,10-11,13H2,1-2H3,(H,29,33)(H,30,34)/t15-,16-,19+,21+,23?,24+;14-,15-,18+,20+,21?,23+;14-,15-,18+,20+,22+,23?/m111/s1. The van der Waals surface area contributed by atoms with Crippen LogP contribution in [0.25, 0.3) is 0 Å². The zero-order valence-corrected chi connectivity index (χ0v) is 64.3. The highest BCUT2D eigenvalue weighted by molar-refractivity contribution is 6.01. The zero-order valence-electron chi connectivity index (χ0n) is 64.3. The number of carbonyl (C=O) groups excluding carboxylic acids is 12. The van der Waals surface area contributed by atoms with Crippen LogP contribution in [0.3, 0.4) is 0 Å². The Balaban J connectivity index is 0.000000182. The third-order valence-corrected chi connectivity index (χ3v) is 21.1. The Morgan fingerprint density at radius 1 is 0.400 bits per heavy atom. The average molecular weight is 1590 g/mol. The molecule has 12 rings (SSSR count). The number of esters is 4. The minimum atomic E-state index is -1.41. The molecule has 6 aromatic rings. The van der Waals surface area contributed by atoms with E-state index in [0.717, 1.165) is 42.4 Å². The number of amides is 8. The number of aromatic nitrogens is 3. The van der Waals surface area contributed by atoms with E-state index in [1.807, 2.05) is 78.9 Å². The van der Waals surface area contributed by atoms with Gasteiger partial charge in [-0.1, -0.05) is 105 Å². The molecule has 33 heteroatoms. The zero-order chi connectivity index (χ0) is 83.1. The van der Waals surface area contributed by atoms with Gasteiger partial charge in [-0.25, -0.2) is 29.3 Å². The van der Waals surface area contributed by atoms with Gasteiger partial charge >= 0.3 is 23.9 Å². The van der Waals surface area contributed by atoms with Gasteiger partial charge in [0.1, 0.15) is 65.8 Å². The Morgan fingerprint density at radius 2 is 0.739 bits per heavy atom. The van der Waals surface area contributed by atoms with E-state index in [-0.39, 0.29) is 65.6 Å². The molecule has 0 radical (unpaired) electrons. The molecule has 6 aliphatic rings. The maximum absolute atomic E-state index is 13.6. The van der Waals surface area contributed by atoms with Crippen molar-refractivity contribution in [2.45, 2.75) is 190 Å². The second-order valence-electron chi connectivity index (χ2n) is 29.9. The Kier molecular flexibility index (Phi) is 28.8. The van der Waals surface area contributed by atoms with E-state index < -0.39 is 186 Å². The SMILES string of the molecule is C[C@H]1OC(=O)C(C2CC2)N(C)C(=O)[C@H](C)[C@H](O)[C@H](Cc2ccccc2)NC(=O)[C@H]1NC(=O)c1ncccc1O.C[C@H]1OC(=O)C(C2CC2)NC(=O)[C@H](C)[C@H](O)[C@H](Cc2ccccc2)NC(=O)[C@H]1NC(=O)c1ncccc1O.C[C@H]1OC(=O)C(C2CC2)OC(=O)[C@H](C)[C@H](O)[C@H](Cc2ccccc2)NC(=O)[C@H]1NC(=O)c1ncccc1O. The fourth-order valence-corrected chi connectivity index (χ4v) is 13.8. The van der Waals surface area contributed by atoms with Crippen LogP contribution in [0.5, 0.6) is 17.2 Å². The molecule has 115 heavy (non-hydrogen) atoms. The summed E-state index contributed by atoms with van der Waals surface area (Å²) in [6.07, 6.45) is 0.110. The van der Waals surface area contributed by atoms with Gasteiger partial charge in [-0.15, -0.1) is 0 Å². The van der Waals surface area contributed by atoms with Crippen LogP contribution in [-0.4, -0.2) is 220 Å². The largest absolute Gasteiger partial charge is 0.505 e. The monoisotopic (exact) mass is 1590 g/mol. The van der Waals surface area contributed by atoms with Crippen molar-refractivity contribution in [3.05, 3.63) is 180 Å². The molecule has 13 N–H and O–H groups in total. The number of aliphatic hydroxyl groups is 3. The predicted molar refractivity (Wildman–Crippen MR) is 406 cm³/mol. The number of aliphatic hydroxyl groups excluding tert-OH is 3. The van der Waals surface area contributed by atoms with Crippen LogP contribution in [0, 0.1) is 35.5 Å². The van der Waals surface area contributed by atoms with Crippen molar-refractivity contribution in [2.24, 2.45) is 35.5 Å². The van der Waals surface area contributed by atoms with Gasteiger partial charge in [0.05, 0.1) is 54.2 Å². The fraction of sp³-hybridized carbons (Fsp3) is 0.451. The number of hydrogen-bond donors (Lipinski definition) is 13. The van der Waals surface area contributed by atoms with Crippen LogP contribution in [-0.2, 0) is 81.4 Å². The molecule has 3 saturated heterocycles. The molecule has 6 fully saturated rings. The number of nitrogens with zero attached hydrogens (tertiary/aromatic N) is 4. The molecule has 3 aliphatic heterocycles. The number of benzene rings is 3. The summed E-state index contributed by atoms with van der Waals surface area (Å²) >= 11 is 0. The van der Waals surface area contributed by atoms with Crippen LogP contribution in [0.4, 0.5) is 0 Å². The first-order valence-electron chi connectivity index (χ1n) is 38.2. The summed E-state index contributed by atoms with van der Waals surface area (Å²) in [4.78, 5) is 171. The van der Waals surface area contributed by atoms with E-state index in [1.165, 1.54) is 102 Å². The average Bonchev–Trinajstić information content (AvgIpc) is 1.78. The number of nitrogens with one attached hydrogen (secondary N) is 7. The highest BCUT2D eigenvalue weighted by Crippen LogP contribution is 2.39. The first-order valence-corrected chi connectivity index (χ1v) is 38.2. The molecule has 6 heterocycles. The third-order valence-electron chi connectivity index (χ3n) is 21.1. The van der Waals surface area contributed by atoms with Crippen molar-refractivity contribution in [1.29, 1.82) is 0 Å². The summed E-state index contributed by atoms with van der Waals surface area (Å²) in [5.41, 5.74) is 1.50. The predicted octanol–water partition coefficient (Wildman–Crippen LogP) is 2.12. The number of aromatic hydroxyl groups is 3. The highest BCUT2D eigenvalue weighted by Gasteiger charge is 2.50. The molecular formula is C82H97N11O22. The minimum absolute atomic E-state index is 0.0987. The van der Waals surface area contributed by atoms with Gasteiger partial charge in [-0.05, 0) is 150 Å². The molecule has 33 nitrogen and oxygen atoms in total. The number of rotatable bonds is 15. The van der Waals surface area contributed by atoms with Crippen LogP contribution >= 0.6 is 0 Å². The van der Waals surface area contributed by atoms with Gasteiger partial charge in [-0.3, -0.25) is 43.2 Å². The van der Waals surface area contributed by atoms with Crippen LogP contribution < -0.4 is 37.2 Å². The Labute approximate surface area is 662 Å². The Hall–Kier alpha value is -12.0. The van der Waals surface area contributed by atoms with Crippen molar-refractivity contribution in [3.63, 3.8) is 0 Å². The van der Waals surface area contributed by atoms with Gasteiger partial charge < -0.3 is 91.7 Å². The van der Waals surface area contributed by atoms with Gasteiger partial charge in [0.2, 0.25) is 35.6 Å². The number of cyclic esters (lactones) is 4. The van der Waals surface area contributed by atoms with E-state index in [9.17, 15) is 88.2 Å². The molecule has 8 amide bonds. The lowest BCUT2D eigenvalue weighted by Crippen LogP contribution is -2.61. The lowest BCUT2D eigenvalue weighted by atomic mass is 9.90. The molecule has 3 unspecified atom stereocenters. The Morgan fingerprint density at radius 3 is 1.10 bits per heavy atom. The Bertz CT molecular complexity index is 4290. The third kappa shape index (κ3) is 22.3. The van der Waals surface area contributed by atoms with Crippen molar-refractivity contribution in [1.82, 2.24) is 57.1 Å². The van der Waals surface area contributed by atoms with Gasteiger partial charge in [0.15, 0.2) is 17.1 Å². The molecule has 0 spiro atoms. The number of pyridine rings is 3. The quantitative estimate of drug-likeness (QED) is 0.0517. The van der Waals surface area contributed by atoms with Crippen molar-refractivity contribution < 1.29 is 107 Å². The maximum Gasteiger partial charge on any atom is 0.348 e. The van der Waals surface area contributed by atoms with Crippen LogP contribution in [0.15, 0.2) is 146 Å². The van der Waals surface area contributed by atoms with E-state index in [2.05, 4.69) is 52.2 Å². The molecular weight excluding hydrogens is 1490 g/mol. The molecule has 18 atom stereocenters. The maximum atomic E-state index is 13.6. The second-order valence-corrected chi connectivity index (χ2v) is 29.9. The lowest BCUT2D eigenvalue weighted by Gasteiger charge is -2.36. The molecule has 3 aromatic carbocycles. The number of ether oxygens (including phenoxy) is 4. The molecule has 3 aromatic heterocycles. The normalized spacial score (nSPS) is 28.6. The van der Waals surface area contributed by atoms with E-state index in [1.54, 1.807) is 19.1 Å². The highest BCUT2D eigenvalue weighted by atomic mass is 16.6. The summed E-state index contributed by atoms with van der Waals surface area (Å²) in [5.74, 6) is -13.4. The van der Waals surface area contributed by atoms with Gasteiger partial charge in [0.25, 0.3) is 17.7 Å². The van der Waals surface area contributed by atoms with E-state index in [0.29, 0.717) is 12.8 Å². The van der Waals surface area contributed by atoms with Gasteiger partial charge in [0, 0.05) is 31.6 Å². The summed E-state index contributed by atoms with van der Waals surface area (Å²) in [5, 5.41) is 82.3. The first-order chi connectivity index (χ1) is 54.9. The summed E-state index contributed by atoms with van der Waals surface area (Å²) in [6.45, 7) is 8.87. The molecule has 3 saturated carbocycles. The molecule has 0 bridgehead atoms. The number of likely N-dealkylation sites (N-methyl/N-ethyl adjacent to an activating group) is 1.